The average Bonchev–Trinajstić information content (AvgIpc) is 3.41. The van der Waals surface area contributed by atoms with Crippen molar-refractivity contribution < 1.29 is 14.3 Å². The third-order valence-corrected chi connectivity index (χ3v) is 6.60. The topological polar surface area (TPSA) is 49.9 Å². The third-order valence-electron chi connectivity index (χ3n) is 6.60. The molecule has 6 rings (SSSR count). The Morgan fingerprint density at radius 2 is 1.44 bits per heavy atom. The Kier molecular flexibility index (Phi) is 4.69. The van der Waals surface area contributed by atoms with Gasteiger partial charge >= 0.3 is 0 Å². The summed E-state index contributed by atoms with van der Waals surface area (Å²) in [6, 6.07) is 28.9. The van der Waals surface area contributed by atoms with E-state index in [4.69, 9.17) is 4.74 Å². The number of hydrogen-bond acceptors (Lipinski definition) is 4. The van der Waals surface area contributed by atoms with Crippen LogP contribution in [0.2, 0.25) is 0 Å². The van der Waals surface area contributed by atoms with Gasteiger partial charge in [0.2, 0.25) is 0 Å². The van der Waals surface area contributed by atoms with Crippen molar-refractivity contribution in [3.8, 4) is 5.75 Å². The van der Waals surface area contributed by atoms with E-state index in [1.807, 2.05) is 89.8 Å². The van der Waals surface area contributed by atoms with E-state index < -0.39 is 0 Å². The van der Waals surface area contributed by atoms with Crippen LogP contribution < -0.4 is 14.5 Å². The molecule has 0 aromatic heterocycles. The van der Waals surface area contributed by atoms with Crippen molar-refractivity contribution in [2.24, 2.45) is 0 Å². The molecule has 2 heterocycles. The summed E-state index contributed by atoms with van der Waals surface area (Å²) >= 11 is 0. The molecule has 2 aliphatic rings. The van der Waals surface area contributed by atoms with E-state index in [-0.39, 0.29) is 11.8 Å². The normalized spacial score (nSPS) is 15.4. The Bertz CT molecular complexity index is 1480. The van der Waals surface area contributed by atoms with Crippen molar-refractivity contribution in [2.75, 3.05) is 23.5 Å². The smallest absolute Gasteiger partial charge is 0.282 e. The zero-order valence-electron chi connectivity index (χ0n) is 18.7. The molecule has 4 aromatic rings. The first-order chi connectivity index (χ1) is 16.7. The first-order valence-corrected chi connectivity index (χ1v) is 11.3. The fraction of sp³-hybridized carbons (Fsp3) is 0.103. The highest BCUT2D eigenvalue weighted by molar-refractivity contribution is 6.47. The van der Waals surface area contributed by atoms with E-state index in [0.29, 0.717) is 34.8 Å². The molecule has 0 saturated carbocycles. The molecule has 2 amide bonds. The number of carbonyl (C=O) groups is 2. The third kappa shape index (κ3) is 3.01. The number of carbonyl (C=O) groups excluding carboxylic acids is 2. The number of para-hydroxylation sites is 1. The quantitative estimate of drug-likeness (QED) is 0.405. The van der Waals surface area contributed by atoms with Crippen LogP contribution in [0.4, 0.5) is 11.4 Å². The van der Waals surface area contributed by atoms with Gasteiger partial charge < -0.3 is 9.64 Å². The maximum absolute atomic E-state index is 14.0. The largest absolute Gasteiger partial charge is 0.497 e. The summed E-state index contributed by atoms with van der Waals surface area (Å²) in [5.74, 6) is 0.0786. The first-order valence-electron chi connectivity index (χ1n) is 11.3. The van der Waals surface area contributed by atoms with E-state index >= 15 is 0 Å². The lowest BCUT2D eigenvalue weighted by molar-refractivity contribution is -0.120. The molecule has 5 nitrogen and oxygen atoms in total. The Morgan fingerprint density at radius 3 is 2.26 bits per heavy atom. The maximum Gasteiger partial charge on any atom is 0.282 e. The van der Waals surface area contributed by atoms with Crippen LogP contribution >= 0.6 is 0 Å². The van der Waals surface area contributed by atoms with Gasteiger partial charge in [0, 0.05) is 17.6 Å². The second-order valence-corrected chi connectivity index (χ2v) is 8.43. The fourth-order valence-corrected chi connectivity index (χ4v) is 4.98. The summed E-state index contributed by atoms with van der Waals surface area (Å²) < 4.78 is 5.30. The molecule has 34 heavy (non-hydrogen) atoms. The van der Waals surface area contributed by atoms with Gasteiger partial charge in [-0.25, -0.2) is 4.90 Å². The minimum absolute atomic E-state index is 0.302. The predicted octanol–water partition coefficient (Wildman–Crippen LogP) is 5.20. The summed E-state index contributed by atoms with van der Waals surface area (Å²) in [5, 5.41) is 1.84. The molecule has 0 N–H and O–H groups in total. The van der Waals surface area contributed by atoms with Crippen molar-refractivity contribution in [1.29, 1.82) is 0 Å². The monoisotopic (exact) mass is 446 g/mol. The first kappa shape index (κ1) is 20.2. The number of ether oxygens (including phenoxy) is 1. The van der Waals surface area contributed by atoms with Gasteiger partial charge in [-0.2, -0.15) is 0 Å². The van der Waals surface area contributed by atoms with Crippen molar-refractivity contribution in [3.05, 3.63) is 108 Å². The Morgan fingerprint density at radius 1 is 0.735 bits per heavy atom. The molecule has 0 aliphatic carbocycles. The number of imide groups is 1. The number of anilines is 2. The zero-order valence-corrected chi connectivity index (χ0v) is 18.7. The van der Waals surface area contributed by atoms with Gasteiger partial charge in [-0.3, -0.25) is 9.59 Å². The minimum atomic E-state index is -0.314. The number of benzene rings is 4. The summed E-state index contributed by atoms with van der Waals surface area (Å²) in [4.78, 5) is 31.4. The molecule has 0 fully saturated rings. The van der Waals surface area contributed by atoms with Crippen molar-refractivity contribution >= 4 is 39.5 Å². The van der Waals surface area contributed by atoms with Crippen LogP contribution in [0.1, 0.15) is 11.1 Å². The lowest BCUT2D eigenvalue weighted by Gasteiger charge is -2.22. The highest BCUT2D eigenvalue weighted by Gasteiger charge is 2.44. The molecule has 0 spiro atoms. The van der Waals surface area contributed by atoms with E-state index in [1.54, 1.807) is 7.11 Å². The number of hydrogen-bond donors (Lipinski definition) is 0. The standard InChI is InChI=1S/C29H22N2O3/c1-34-22-15-13-21(14-16-22)26-27(30-18-17-20-8-3-5-11-24(20)30)29(33)31(28(26)32)25-12-6-9-19-7-2-4-10-23(19)25/h2-16H,17-18H2,1H3. The second-order valence-electron chi connectivity index (χ2n) is 8.43. The number of methoxy groups -OCH3 is 1. The van der Waals surface area contributed by atoms with Crippen molar-refractivity contribution in [2.45, 2.75) is 6.42 Å². The summed E-state index contributed by atoms with van der Waals surface area (Å²) in [5.41, 5.74) is 4.28. The molecule has 0 unspecified atom stereocenters. The van der Waals surface area contributed by atoms with E-state index in [0.717, 1.165) is 22.9 Å². The van der Waals surface area contributed by atoms with Crippen LogP contribution in [0.25, 0.3) is 16.3 Å². The van der Waals surface area contributed by atoms with Crippen LogP contribution in [0.3, 0.4) is 0 Å². The Labute approximate surface area is 197 Å². The average molecular weight is 447 g/mol. The van der Waals surface area contributed by atoms with Crippen LogP contribution in [0, 0.1) is 0 Å². The van der Waals surface area contributed by atoms with Crippen molar-refractivity contribution in [3.63, 3.8) is 0 Å². The number of rotatable bonds is 4. The van der Waals surface area contributed by atoms with Gasteiger partial charge in [-0.1, -0.05) is 66.7 Å². The van der Waals surface area contributed by atoms with Gasteiger partial charge in [-0.05, 0) is 47.2 Å². The number of fused-ring (bicyclic) bond motifs is 2. The lowest BCUT2D eigenvalue weighted by atomic mass is 10.0. The van der Waals surface area contributed by atoms with E-state index in [1.165, 1.54) is 10.5 Å². The SMILES string of the molecule is COc1ccc(C2=C(N3CCc4ccccc43)C(=O)N(c3cccc4ccccc34)C2=O)cc1. The second kappa shape index (κ2) is 7.89. The fourth-order valence-electron chi connectivity index (χ4n) is 4.98. The molecular formula is C29H22N2O3. The summed E-state index contributed by atoms with van der Waals surface area (Å²) in [6.45, 7) is 0.650. The molecule has 166 valence electrons. The number of amides is 2. The highest BCUT2D eigenvalue weighted by Crippen LogP contribution is 2.41. The van der Waals surface area contributed by atoms with Gasteiger partial charge in [0.05, 0.1) is 18.4 Å². The van der Waals surface area contributed by atoms with Crippen LogP contribution in [-0.4, -0.2) is 25.5 Å². The number of nitrogens with zero attached hydrogens (tertiary/aromatic N) is 2. The predicted molar refractivity (Wildman–Crippen MR) is 134 cm³/mol. The summed E-state index contributed by atoms with van der Waals surface area (Å²) in [7, 11) is 1.60. The minimum Gasteiger partial charge on any atom is -0.497 e. The van der Waals surface area contributed by atoms with E-state index in [2.05, 4.69) is 6.07 Å². The maximum atomic E-state index is 14.0. The highest BCUT2D eigenvalue weighted by atomic mass is 16.5. The molecule has 0 bridgehead atoms. The molecule has 2 aliphatic heterocycles. The van der Waals surface area contributed by atoms with E-state index in [9.17, 15) is 9.59 Å². The molecule has 5 heteroatoms. The summed E-state index contributed by atoms with van der Waals surface area (Å²) in [6.07, 6.45) is 0.825. The molecule has 4 aromatic carbocycles. The van der Waals surface area contributed by atoms with Crippen LogP contribution in [0.5, 0.6) is 5.75 Å². The molecule has 0 atom stereocenters. The molecule has 0 radical (unpaired) electrons. The van der Waals surface area contributed by atoms with Gasteiger partial charge in [-0.15, -0.1) is 0 Å². The van der Waals surface area contributed by atoms with Gasteiger partial charge in [0.1, 0.15) is 11.4 Å². The zero-order chi connectivity index (χ0) is 23.2. The van der Waals surface area contributed by atoms with Crippen LogP contribution in [0.15, 0.2) is 96.7 Å². The lowest BCUT2D eigenvalue weighted by Crippen LogP contribution is -2.35. The van der Waals surface area contributed by atoms with Gasteiger partial charge in [0.15, 0.2) is 0 Å². The van der Waals surface area contributed by atoms with Crippen molar-refractivity contribution in [1.82, 2.24) is 0 Å². The Hall–Kier alpha value is -4.38. The van der Waals surface area contributed by atoms with Gasteiger partial charge in [0.25, 0.3) is 11.8 Å². The van der Waals surface area contributed by atoms with Crippen LogP contribution in [-0.2, 0) is 16.0 Å². The molecule has 0 saturated heterocycles. The molecular weight excluding hydrogens is 424 g/mol. The Balaban J connectivity index is 1.55.